The van der Waals surface area contributed by atoms with Gasteiger partial charge in [-0.15, -0.1) is 0 Å². The Hall–Kier alpha value is -2.10. The molecule has 0 bridgehead atoms. The third-order valence-corrected chi connectivity index (χ3v) is 3.91. The lowest BCUT2D eigenvalue weighted by Crippen LogP contribution is -2.50. The number of rotatable bonds is 4. The van der Waals surface area contributed by atoms with E-state index in [1.807, 2.05) is 0 Å². The number of pyridine rings is 1. The Labute approximate surface area is 146 Å². The average Bonchev–Trinajstić information content (AvgIpc) is 2.53. The number of aromatic nitrogens is 1. The molecule has 1 aromatic carbocycles. The average molecular weight is 376 g/mol. The lowest BCUT2D eigenvalue weighted by Gasteiger charge is -2.31. The van der Waals surface area contributed by atoms with Gasteiger partial charge in [-0.1, -0.05) is 0 Å². The highest BCUT2D eigenvalue weighted by atomic mass is 19.4. The van der Waals surface area contributed by atoms with E-state index in [1.165, 1.54) is 26.0 Å². The van der Waals surface area contributed by atoms with Crippen molar-refractivity contribution in [1.29, 1.82) is 0 Å². The maximum absolute atomic E-state index is 14.7. The summed E-state index contributed by atoms with van der Waals surface area (Å²) < 4.78 is 67.8. The quantitative estimate of drug-likeness (QED) is 0.717. The molecule has 0 aliphatic carbocycles. The minimum absolute atomic E-state index is 0.166. The zero-order chi connectivity index (χ0) is 19.9. The Morgan fingerprint density at radius 3 is 2.00 bits per heavy atom. The highest BCUT2D eigenvalue weighted by Crippen LogP contribution is 2.41. The number of nitrogens with two attached hydrogens (primary N) is 1. The summed E-state index contributed by atoms with van der Waals surface area (Å²) in [5.74, 6) is -2.11. The van der Waals surface area contributed by atoms with Crippen molar-refractivity contribution in [1.82, 2.24) is 4.98 Å². The monoisotopic (exact) mass is 376 g/mol. The fraction of sp³-hybridized carbons (Fsp3) is 0.353. The van der Waals surface area contributed by atoms with E-state index in [9.17, 15) is 32.2 Å². The van der Waals surface area contributed by atoms with Crippen LogP contribution >= 0.6 is 0 Å². The Kier molecular flexibility index (Phi) is 5.10. The first-order valence-corrected chi connectivity index (χ1v) is 7.50. The third kappa shape index (κ3) is 3.55. The van der Waals surface area contributed by atoms with Gasteiger partial charge in [0.1, 0.15) is 11.5 Å². The number of hydrogen-bond donors (Lipinski definition) is 3. The molecule has 142 valence electrons. The second-order valence-electron chi connectivity index (χ2n) is 6.35. The molecule has 4 nitrogen and oxygen atoms in total. The number of alkyl halides is 3. The normalized spacial score (nSPS) is 15.0. The maximum Gasteiger partial charge on any atom is 0.424 e. The van der Waals surface area contributed by atoms with Crippen molar-refractivity contribution < 1.29 is 32.2 Å². The minimum Gasteiger partial charge on any atom is -0.386 e. The first-order chi connectivity index (χ1) is 11.8. The van der Waals surface area contributed by atoms with Crippen LogP contribution in [0.5, 0.6) is 0 Å². The van der Waals surface area contributed by atoms with E-state index in [0.717, 1.165) is 18.2 Å². The molecular weight excluding hydrogens is 359 g/mol. The van der Waals surface area contributed by atoms with Crippen molar-refractivity contribution in [3.63, 3.8) is 0 Å². The SMILES string of the molecule is CC(C)(O)c1cc(-c2ccc(F)cc2)nc(C(O)(CN)C(F)(F)F)c1F. The smallest absolute Gasteiger partial charge is 0.386 e. The van der Waals surface area contributed by atoms with Crippen LogP contribution in [-0.2, 0) is 11.2 Å². The van der Waals surface area contributed by atoms with Gasteiger partial charge < -0.3 is 15.9 Å². The van der Waals surface area contributed by atoms with E-state index in [-0.39, 0.29) is 11.3 Å². The molecule has 0 amide bonds. The van der Waals surface area contributed by atoms with Crippen LogP contribution in [0, 0.1) is 11.6 Å². The molecule has 2 aromatic rings. The van der Waals surface area contributed by atoms with Crippen LogP contribution < -0.4 is 5.73 Å². The summed E-state index contributed by atoms with van der Waals surface area (Å²) in [6.45, 7) is 0.954. The van der Waals surface area contributed by atoms with Crippen molar-refractivity contribution in [2.24, 2.45) is 5.73 Å². The van der Waals surface area contributed by atoms with Crippen LogP contribution in [0.4, 0.5) is 22.0 Å². The number of benzene rings is 1. The van der Waals surface area contributed by atoms with Gasteiger partial charge in [0.2, 0.25) is 5.60 Å². The highest BCUT2D eigenvalue weighted by Gasteiger charge is 2.57. The maximum atomic E-state index is 14.7. The molecule has 1 unspecified atom stereocenters. The van der Waals surface area contributed by atoms with Crippen molar-refractivity contribution in [2.75, 3.05) is 6.54 Å². The molecule has 26 heavy (non-hydrogen) atoms. The molecule has 0 aliphatic heterocycles. The molecule has 0 fully saturated rings. The van der Waals surface area contributed by atoms with Gasteiger partial charge in [0, 0.05) is 17.7 Å². The largest absolute Gasteiger partial charge is 0.424 e. The Bertz CT molecular complexity index is 801. The van der Waals surface area contributed by atoms with Crippen LogP contribution in [0.2, 0.25) is 0 Å². The highest BCUT2D eigenvalue weighted by molar-refractivity contribution is 5.61. The first kappa shape index (κ1) is 20.2. The van der Waals surface area contributed by atoms with Gasteiger partial charge in [-0.05, 0) is 44.2 Å². The second-order valence-corrected chi connectivity index (χ2v) is 6.35. The van der Waals surface area contributed by atoms with Crippen LogP contribution in [0.1, 0.15) is 25.1 Å². The van der Waals surface area contributed by atoms with Crippen LogP contribution in [0.25, 0.3) is 11.3 Å². The Morgan fingerprint density at radius 1 is 1.04 bits per heavy atom. The van der Waals surface area contributed by atoms with E-state index in [2.05, 4.69) is 4.98 Å². The molecule has 0 radical (unpaired) electrons. The first-order valence-electron chi connectivity index (χ1n) is 7.50. The fourth-order valence-corrected chi connectivity index (χ4v) is 2.36. The summed E-state index contributed by atoms with van der Waals surface area (Å²) in [5.41, 5.74) is -2.45. The van der Waals surface area contributed by atoms with Crippen molar-refractivity contribution in [3.8, 4) is 11.3 Å². The van der Waals surface area contributed by atoms with Crippen LogP contribution in [0.3, 0.4) is 0 Å². The summed E-state index contributed by atoms with van der Waals surface area (Å²) in [6, 6.07) is 5.58. The van der Waals surface area contributed by atoms with Gasteiger partial charge in [-0.3, -0.25) is 0 Å². The lowest BCUT2D eigenvalue weighted by molar-refractivity contribution is -0.264. The van der Waals surface area contributed by atoms with Gasteiger partial charge in [0.05, 0.1) is 11.3 Å². The molecule has 1 aromatic heterocycles. The molecule has 4 N–H and O–H groups in total. The van der Waals surface area contributed by atoms with Gasteiger partial charge in [-0.2, -0.15) is 13.2 Å². The summed E-state index contributed by atoms with van der Waals surface area (Å²) in [4.78, 5) is 3.60. The topological polar surface area (TPSA) is 79.4 Å². The predicted molar refractivity (Wildman–Crippen MR) is 83.8 cm³/mol. The minimum atomic E-state index is -5.31. The van der Waals surface area contributed by atoms with Gasteiger partial charge in [0.25, 0.3) is 0 Å². The van der Waals surface area contributed by atoms with Crippen LogP contribution in [0.15, 0.2) is 30.3 Å². The zero-order valence-electron chi connectivity index (χ0n) is 13.9. The Balaban J connectivity index is 2.83. The molecule has 2 rings (SSSR count). The summed E-state index contributed by atoms with van der Waals surface area (Å²) in [5, 5.41) is 20.1. The van der Waals surface area contributed by atoms with Gasteiger partial charge in [0.15, 0.2) is 5.82 Å². The lowest BCUT2D eigenvalue weighted by atomic mass is 9.90. The predicted octanol–water partition coefficient (Wildman–Crippen LogP) is 2.96. The second kappa shape index (κ2) is 6.57. The van der Waals surface area contributed by atoms with Crippen LogP contribution in [-0.4, -0.2) is 27.9 Å². The molecular formula is C17H17F5N2O2. The van der Waals surface area contributed by atoms with E-state index in [0.29, 0.717) is 0 Å². The van der Waals surface area contributed by atoms with Crippen molar-refractivity contribution in [3.05, 3.63) is 53.2 Å². The molecule has 1 atom stereocenters. The Morgan fingerprint density at radius 2 is 1.58 bits per heavy atom. The van der Waals surface area contributed by atoms with E-state index < -0.39 is 46.8 Å². The zero-order valence-corrected chi connectivity index (χ0v) is 13.9. The third-order valence-electron chi connectivity index (χ3n) is 3.91. The van der Waals surface area contributed by atoms with Gasteiger partial charge in [-0.25, -0.2) is 13.8 Å². The fourth-order valence-electron chi connectivity index (χ4n) is 2.36. The van der Waals surface area contributed by atoms with E-state index in [1.54, 1.807) is 0 Å². The number of hydrogen-bond acceptors (Lipinski definition) is 4. The van der Waals surface area contributed by atoms with Crippen molar-refractivity contribution >= 4 is 0 Å². The number of aliphatic hydroxyl groups is 2. The molecule has 0 saturated carbocycles. The number of nitrogens with zero attached hydrogens (tertiary/aromatic N) is 1. The molecule has 0 aliphatic rings. The van der Waals surface area contributed by atoms with Gasteiger partial charge >= 0.3 is 6.18 Å². The van der Waals surface area contributed by atoms with E-state index in [4.69, 9.17) is 5.73 Å². The molecule has 1 heterocycles. The standard InChI is InChI=1S/C17H17F5N2O2/c1-15(2,25)11-7-12(9-3-5-10(18)6-4-9)24-14(13(11)19)16(26,8-23)17(20,21)22/h3-7,25-26H,8,23H2,1-2H3. The summed E-state index contributed by atoms with van der Waals surface area (Å²) in [6.07, 6.45) is -5.31. The molecule has 9 heteroatoms. The molecule has 0 spiro atoms. The molecule has 0 saturated heterocycles. The van der Waals surface area contributed by atoms with Crippen molar-refractivity contribution in [2.45, 2.75) is 31.2 Å². The van der Waals surface area contributed by atoms with E-state index >= 15 is 0 Å². The summed E-state index contributed by atoms with van der Waals surface area (Å²) in [7, 11) is 0. The number of halogens is 5. The summed E-state index contributed by atoms with van der Waals surface area (Å²) >= 11 is 0.